The average molecular weight is 218 g/mol. The van der Waals surface area contributed by atoms with E-state index in [1.807, 2.05) is 19.9 Å². The fourth-order valence-electron chi connectivity index (χ4n) is 2.56. The van der Waals surface area contributed by atoms with Gasteiger partial charge in [0, 0.05) is 0 Å². The van der Waals surface area contributed by atoms with Crippen LogP contribution in [0.25, 0.3) is 0 Å². The van der Waals surface area contributed by atoms with Crippen LogP contribution in [0.15, 0.2) is 24.3 Å². The second kappa shape index (κ2) is 3.93. The van der Waals surface area contributed by atoms with Crippen LogP contribution in [0.4, 0.5) is 0 Å². The predicted molar refractivity (Wildman–Crippen MR) is 63.5 cm³/mol. The minimum Gasteiger partial charge on any atom is -0.481 e. The zero-order valence-corrected chi connectivity index (χ0v) is 9.86. The molecule has 1 aromatic carbocycles. The fourth-order valence-corrected chi connectivity index (χ4v) is 2.56. The van der Waals surface area contributed by atoms with E-state index in [2.05, 4.69) is 18.2 Å². The van der Waals surface area contributed by atoms with E-state index in [0.717, 1.165) is 19.3 Å². The lowest BCUT2D eigenvalue weighted by Gasteiger charge is -2.23. The van der Waals surface area contributed by atoms with Gasteiger partial charge >= 0.3 is 5.97 Å². The zero-order chi connectivity index (χ0) is 11.8. The average Bonchev–Trinajstić information content (AvgIpc) is 2.61. The highest BCUT2D eigenvalue weighted by atomic mass is 16.4. The molecule has 0 spiro atoms. The predicted octanol–water partition coefficient (Wildman–Crippen LogP) is 3.22. The maximum absolute atomic E-state index is 11.1. The second-order valence-corrected chi connectivity index (χ2v) is 5.33. The van der Waals surface area contributed by atoms with Gasteiger partial charge in [-0.3, -0.25) is 4.79 Å². The van der Waals surface area contributed by atoms with Crippen LogP contribution >= 0.6 is 0 Å². The maximum atomic E-state index is 11.1. The molecule has 0 radical (unpaired) electrons. The summed E-state index contributed by atoms with van der Waals surface area (Å²) >= 11 is 0. The molecule has 0 heterocycles. The molecule has 0 saturated carbocycles. The van der Waals surface area contributed by atoms with Gasteiger partial charge in [0.1, 0.15) is 0 Å². The van der Waals surface area contributed by atoms with Gasteiger partial charge in [-0.05, 0) is 50.2 Å². The van der Waals surface area contributed by atoms with Crippen LogP contribution in [0.2, 0.25) is 0 Å². The lowest BCUT2D eigenvalue weighted by atomic mass is 9.80. The number of carboxylic acid groups (broad SMARTS) is 1. The highest BCUT2D eigenvalue weighted by molar-refractivity contribution is 5.73. The number of aryl methyl sites for hydroxylation is 1. The van der Waals surface area contributed by atoms with Crippen LogP contribution in [0.5, 0.6) is 0 Å². The van der Waals surface area contributed by atoms with Gasteiger partial charge in [-0.1, -0.05) is 24.3 Å². The van der Waals surface area contributed by atoms with Crippen molar-refractivity contribution in [3.63, 3.8) is 0 Å². The van der Waals surface area contributed by atoms with Crippen molar-refractivity contribution in [3.8, 4) is 0 Å². The summed E-state index contributed by atoms with van der Waals surface area (Å²) in [5, 5.41) is 9.15. The molecule has 2 rings (SSSR count). The standard InChI is InChI=1S/C14H18O2/c1-14(2,13(15)16)9-11-8-7-10-5-3-4-6-12(10)11/h3-6,11H,7-9H2,1-2H3,(H,15,16). The molecule has 1 N–H and O–H groups in total. The summed E-state index contributed by atoms with van der Waals surface area (Å²) in [6, 6.07) is 8.41. The van der Waals surface area contributed by atoms with Crippen molar-refractivity contribution in [2.45, 2.75) is 39.0 Å². The normalized spacial score (nSPS) is 19.5. The summed E-state index contributed by atoms with van der Waals surface area (Å²) in [7, 11) is 0. The molecule has 0 saturated heterocycles. The van der Waals surface area contributed by atoms with Gasteiger partial charge in [-0.25, -0.2) is 0 Å². The smallest absolute Gasteiger partial charge is 0.309 e. The third-order valence-electron chi connectivity index (χ3n) is 3.59. The first-order valence-electron chi connectivity index (χ1n) is 5.82. The summed E-state index contributed by atoms with van der Waals surface area (Å²) in [5.41, 5.74) is 2.13. The molecule has 2 heteroatoms. The first kappa shape index (κ1) is 11.2. The van der Waals surface area contributed by atoms with Crippen molar-refractivity contribution >= 4 is 5.97 Å². The molecule has 1 aliphatic carbocycles. The van der Waals surface area contributed by atoms with Crippen molar-refractivity contribution in [2.24, 2.45) is 5.41 Å². The van der Waals surface area contributed by atoms with Gasteiger partial charge in [0.05, 0.1) is 5.41 Å². The van der Waals surface area contributed by atoms with Crippen LogP contribution in [0.1, 0.15) is 43.7 Å². The zero-order valence-electron chi connectivity index (χ0n) is 9.86. The molecular formula is C14H18O2. The molecule has 2 nitrogen and oxygen atoms in total. The minimum atomic E-state index is -0.697. The Kier molecular flexibility index (Phi) is 2.75. The number of hydrogen-bond acceptors (Lipinski definition) is 1. The van der Waals surface area contributed by atoms with Gasteiger partial charge in [0.15, 0.2) is 0 Å². The molecular weight excluding hydrogens is 200 g/mol. The number of rotatable bonds is 3. The van der Waals surface area contributed by atoms with Crippen LogP contribution < -0.4 is 0 Å². The van der Waals surface area contributed by atoms with E-state index < -0.39 is 11.4 Å². The molecule has 86 valence electrons. The summed E-state index contributed by atoms with van der Waals surface area (Å²) in [5.74, 6) is -0.279. The third-order valence-corrected chi connectivity index (χ3v) is 3.59. The number of carboxylic acids is 1. The highest BCUT2D eigenvalue weighted by Crippen LogP contribution is 2.40. The van der Waals surface area contributed by atoms with Crippen LogP contribution in [-0.4, -0.2) is 11.1 Å². The summed E-state index contributed by atoms with van der Waals surface area (Å²) < 4.78 is 0. The SMILES string of the molecule is CC(C)(CC1CCc2ccccc21)C(=O)O. The van der Waals surface area contributed by atoms with Gasteiger partial charge in [0.2, 0.25) is 0 Å². The summed E-state index contributed by atoms with van der Waals surface area (Å²) in [4.78, 5) is 11.1. The molecule has 1 atom stereocenters. The molecule has 0 bridgehead atoms. The Morgan fingerprint density at radius 3 is 2.81 bits per heavy atom. The maximum Gasteiger partial charge on any atom is 0.309 e. The number of carbonyl (C=O) groups is 1. The van der Waals surface area contributed by atoms with Gasteiger partial charge in [-0.2, -0.15) is 0 Å². The van der Waals surface area contributed by atoms with E-state index in [0.29, 0.717) is 5.92 Å². The Balaban J connectivity index is 2.18. The Morgan fingerprint density at radius 2 is 2.12 bits per heavy atom. The van der Waals surface area contributed by atoms with E-state index in [1.165, 1.54) is 11.1 Å². The lowest BCUT2D eigenvalue weighted by Crippen LogP contribution is -2.25. The number of hydrogen-bond donors (Lipinski definition) is 1. The number of benzene rings is 1. The van der Waals surface area contributed by atoms with E-state index in [9.17, 15) is 4.79 Å². The van der Waals surface area contributed by atoms with E-state index in [4.69, 9.17) is 5.11 Å². The van der Waals surface area contributed by atoms with Crippen LogP contribution in [0, 0.1) is 5.41 Å². The minimum absolute atomic E-state index is 0.419. The second-order valence-electron chi connectivity index (χ2n) is 5.33. The highest BCUT2D eigenvalue weighted by Gasteiger charge is 2.33. The molecule has 1 aliphatic rings. The Morgan fingerprint density at radius 1 is 1.44 bits per heavy atom. The van der Waals surface area contributed by atoms with Crippen LogP contribution in [-0.2, 0) is 11.2 Å². The molecule has 0 aromatic heterocycles. The van der Waals surface area contributed by atoms with Gasteiger partial charge < -0.3 is 5.11 Å². The molecule has 1 unspecified atom stereocenters. The first-order chi connectivity index (χ1) is 7.50. The summed E-state index contributed by atoms with van der Waals surface area (Å²) in [6.45, 7) is 3.63. The Hall–Kier alpha value is -1.31. The Bertz CT molecular complexity index is 407. The van der Waals surface area contributed by atoms with Crippen molar-refractivity contribution in [1.82, 2.24) is 0 Å². The van der Waals surface area contributed by atoms with Crippen molar-refractivity contribution in [2.75, 3.05) is 0 Å². The quantitative estimate of drug-likeness (QED) is 0.845. The lowest BCUT2D eigenvalue weighted by molar-refractivity contribution is -0.147. The van der Waals surface area contributed by atoms with Crippen molar-refractivity contribution < 1.29 is 9.90 Å². The van der Waals surface area contributed by atoms with Crippen molar-refractivity contribution in [1.29, 1.82) is 0 Å². The van der Waals surface area contributed by atoms with Crippen molar-refractivity contribution in [3.05, 3.63) is 35.4 Å². The topological polar surface area (TPSA) is 37.3 Å². The first-order valence-corrected chi connectivity index (χ1v) is 5.82. The largest absolute Gasteiger partial charge is 0.481 e. The Labute approximate surface area is 96.3 Å². The monoisotopic (exact) mass is 218 g/mol. The third kappa shape index (κ3) is 1.97. The molecule has 16 heavy (non-hydrogen) atoms. The van der Waals surface area contributed by atoms with E-state index >= 15 is 0 Å². The number of aliphatic carboxylic acids is 1. The number of fused-ring (bicyclic) bond motifs is 1. The van der Waals surface area contributed by atoms with Gasteiger partial charge in [0.25, 0.3) is 0 Å². The van der Waals surface area contributed by atoms with Gasteiger partial charge in [-0.15, -0.1) is 0 Å². The molecule has 0 aliphatic heterocycles. The van der Waals surface area contributed by atoms with E-state index in [-0.39, 0.29) is 0 Å². The summed E-state index contributed by atoms with van der Waals surface area (Å²) in [6.07, 6.45) is 2.92. The van der Waals surface area contributed by atoms with Crippen LogP contribution in [0.3, 0.4) is 0 Å². The molecule has 0 fully saturated rings. The van der Waals surface area contributed by atoms with E-state index in [1.54, 1.807) is 0 Å². The molecule has 1 aromatic rings. The molecule has 0 amide bonds. The fraction of sp³-hybridized carbons (Fsp3) is 0.500.